The molecule has 2 rings (SSSR count). The molecule has 0 unspecified atom stereocenters. The second kappa shape index (κ2) is 5.45. The minimum absolute atomic E-state index is 0.692. The first-order valence-corrected chi connectivity index (χ1v) is 5.92. The Balaban J connectivity index is 2.14. The fraction of sp³-hybridized carbons (Fsp3) is 0.200. The molecule has 3 heteroatoms. The summed E-state index contributed by atoms with van der Waals surface area (Å²) >= 11 is 0. The molecule has 18 heavy (non-hydrogen) atoms. The summed E-state index contributed by atoms with van der Waals surface area (Å²) in [6, 6.07) is 13.9. The Morgan fingerprint density at radius 1 is 1.17 bits per heavy atom. The Morgan fingerprint density at radius 3 is 2.72 bits per heavy atom. The van der Waals surface area contributed by atoms with Crippen LogP contribution in [-0.4, -0.2) is 7.11 Å². The number of para-hydroxylation sites is 1. The number of hydrogen-bond donors (Lipinski definition) is 2. The van der Waals surface area contributed by atoms with E-state index < -0.39 is 0 Å². The Labute approximate surface area is 108 Å². The lowest BCUT2D eigenvalue weighted by Gasteiger charge is -2.12. The molecule has 0 atom stereocenters. The second-order valence-electron chi connectivity index (χ2n) is 4.26. The van der Waals surface area contributed by atoms with Gasteiger partial charge in [-0.2, -0.15) is 0 Å². The molecule has 0 heterocycles. The van der Waals surface area contributed by atoms with Crippen molar-refractivity contribution in [2.24, 2.45) is 0 Å². The van der Waals surface area contributed by atoms with E-state index in [0.717, 1.165) is 22.7 Å². The van der Waals surface area contributed by atoms with Gasteiger partial charge in [-0.15, -0.1) is 0 Å². The first kappa shape index (κ1) is 12.3. The van der Waals surface area contributed by atoms with Crippen LogP contribution in [0.25, 0.3) is 0 Å². The van der Waals surface area contributed by atoms with E-state index in [1.54, 1.807) is 7.11 Å². The van der Waals surface area contributed by atoms with Gasteiger partial charge in [0.25, 0.3) is 0 Å². The smallest absolute Gasteiger partial charge is 0.123 e. The molecule has 94 valence electrons. The number of hydrogen-bond acceptors (Lipinski definition) is 3. The molecule has 0 aromatic heterocycles. The molecule has 0 aliphatic rings. The van der Waals surface area contributed by atoms with Crippen molar-refractivity contribution in [2.75, 3.05) is 18.2 Å². The number of methoxy groups -OCH3 is 1. The molecule has 0 aliphatic carbocycles. The lowest BCUT2D eigenvalue weighted by molar-refractivity contribution is 0.410. The van der Waals surface area contributed by atoms with Crippen molar-refractivity contribution < 1.29 is 4.74 Å². The largest absolute Gasteiger partial charge is 0.496 e. The lowest BCUT2D eigenvalue weighted by Crippen LogP contribution is -2.04. The fourth-order valence-electron chi connectivity index (χ4n) is 1.86. The van der Waals surface area contributed by atoms with E-state index in [1.807, 2.05) is 49.4 Å². The molecular formula is C15H18N2O. The van der Waals surface area contributed by atoms with Gasteiger partial charge in [-0.3, -0.25) is 0 Å². The van der Waals surface area contributed by atoms with Crippen molar-refractivity contribution in [1.82, 2.24) is 0 Å². The van der Waals surface area contributed by atoms with Crippen molar-refractivity contribution in [3.05, 3.63) is 53.6 Å². The van der Waals surface area contributed by atoms with E-state index in [4.69, 9.17) is 10.5 Å². The Hall–Kier alpha value is -2.16. The van der Waals surface area contributed by atoms with Crippen LogP contribution in [0, 0.1) is 6.92 Å². The van der Waals surface area contributed by atoms with Gasteiger partial charge in [-0.25, -0.2) is 0 Å². The van der Waals surface area contributed by atoms with Gasteiger partial charge in [-0.1, -0.05) is 24.3 Å². The van der Waals surface area contributed by atoms with E-state index >= 15 is 0 Å². The zero-order chi connectivity index (χ0) is 13.0. The van der Waals surface area contributed by atoms with E-state index in [0.29, 0.717) is 6.54 Å². The average molecular weight is 242 g/mol. The van der Waals surface area contributed by atoms with Crippen molar-refractivity contribution >= 4 is 11.4 Å². The zero-order valence-corrected chi connectivity index (χ0v) is 10.7. The minimum Gasteiger partial charge on any atom is -0.496 e. The van der Waals surface area contributed by atoms with Gasteiger partial charge in [0, 0.05) is 12.1 Å². The normalized spacial score (nSPS) is 10.1. The topological polar surface area (TPSA) is 47.3 Å². The molecular weight excluding hydrogens is 224 g/mol. The quantitative estimate of drug-likeness (QED) is 0.809. The lowest BCUT2D eigenvalue weighted by atomic mass is 10.1. The Kier molecular flexibility index (Phi) is 3.72. The highest BCUT2D eigenvalue weighted by Gasteiger charge is 2.03. The van der Waals surface area contributed by atoms with E-state index in [-0.39, 0.29) is 0 Å². The molecule has 0 amide bonds. The van der Waals surface area contributed by atoms with Crippen LogP contribution in [0.4, 0.5) is 11.4 Å². The van der Waals surface area contributed by atoms with Gasteiger partial charge in [0.05, 0.1) is 18.5 Å². The van der Waals surface area contributed by atoms with Crippen LogP contribution in [-0.2, 0) is 6.54 Å². The first-order valence-electron chi connectivity index (χ1n) is 5.92. The highest BCUT2D eigenvalue weighted by atomic mass is 16.5. The summed E-state index contributed by atoms with van der Waals surface area (Å²) in [6.07, 6.45) is 0. The third-order valence-corrected chi connectivity index (χ3v) is 2.87. The SMILES string of the molecule is COc1ccccc1CNc1cc(C)ccc1N. The highest BCUT2D eigenvalue weighted by molar-refractivity contribution is 5.67. The summed E-state index contributed by atoms with van der Waals surface area (Å²) in [6.45, 7) is 2.74. The zero-order valence-electron chi connectivity index (χ0n) is 10.7. The minimum atomic E-state index is 0.692. The summed E-state index contributed by atoms with van der Waals surface area (Å²) in [7, 11) is 1.68. The van der Waals surface area contributed by atoms with Crippen LogP contribution in [0.5, 0.6) is 5.75 Å². The molecule has 2 aromatic rings. The summed E-state index contributed by atoms with van der Waals surface area (Å²) in [4.78, 5) is 0. The number of benzene rings is 2. The Morgan fingerprint density at radius 2 is 1.94 bits per heavy atom. The molecule has 0 spiro atoms. The molecule has 0 fully saturated rings. The molecule has 3 N–H and O–H groups in total. The van der Waals surface area contributed by atoms with Crippen molar-refractivity contribution in [1.29, 1.82) is 0 Å². The summed E-state index contributed by atoms with van der Waals surface area (Å²) < 4.78 is 5.32. The molecule has 0 saturated carbocycles. The monoisotopic (exact) mass is 242 g/mol. The maximum absolute atomic E-state index is 5.93. The van der Waals surface area contributed by atoms with Gasteiger partial charge < -0.3 is 15.8 Å². The third kappa shape index (κ3) is 2.74. The number of aryl methyl sites for hydroxylation is 1. The standard InChI is InChI=1S/C15H18N2O/c1-11-7-8-13(16)14(9-11)17-10-12-5-3-4-6-15(12)18-2/h3-9,17H,10,16H2,1-2H3. The number of nitrogens with two attached hydrogens (primary N) is 1. The predicted molar refractivity (Wildman–Crippen MR) is 75.9 cm³/mol. The second-order valence-corrected chi connectivity index (χ2v) is 4.26. The van der Waals surface area contributed by atoms with Gasteiger partial charge in [-0.05, 0) is 30.7 Å². The van der Waals surface area contributed by atoms with Crippen LogP contribution in [0.15, 0.2) is 42.5 Å². The maximum atomic E-state index is 5.93. The van der Waals surface area contributed by atoms with Crippen molar-refractivity contribution in [3.8, 4) is 5.75 Å². The van der Waals surface area contributed by atoms with Gasteiger partial charge >= 0.3 is 0 Å². The van der Waals surface area contributed by atoms with Crippen LogP contribution in [0.1, 0.15) is 11.1 Å². The summed E-state index contributed by atoms with van der Waals surface area (Å²) in [5.41, 5.74) is 9.95. The summed E-state index contributed by atoms with van der Waals surface area (Å²) in [5.74, 6) is 0.885. The maximum Gasteiger partial charge on any atom is 0.123 e. The highest BCUT2D eigenvalue weighted by Crippen LogP contribution is 2.23. The number of nitrogens with one attached hydrogen (secondary N) is 1. The average Bonchev–Trinajstić information content (AvgIpc) is 2.40. The van der Waals surface area contributed by atoms with Gasteiger partial charge in [0.1, 0.15) is 5.75 Å². The number of ether oxygens (including phenoxy) is 1. The van der Waals surface area contributed by atoms with E-state index in [9.17, 15) is 0 Å². The number of nitrogen functional groups attached to an aromatic ring is 1. The van der Waals surface area contributed by atoms with Crippen LogP contribution in [0.3, 0.4) is 0 Å². The van der Waals surface area contributed by atoms with Gasteiger partial charge in [0.15, 0.2) is 0 Å². The fourth-order valence-corrected chi connectivity index (χ4v) is 1.86. The first-order chi connectivity index (χ1) is 8.70. The van der Waals surface area contributed by atoms with Crippen molar-refractivity contribution in [2.45, 2.75) is 13.5 Å². The molecule has 0 saturated heterocycles. The van der Waals surface area contributed by atoms with Crippen LogP contribution in [0.2, 0.25) is 0 Å². The molecule has 0 aliphatic heterocycles. The van der Waals surface area contributed by atoms with Crippen LogP contribution >= 0.6 is 0 Å². The molecule has 0 bridgehead atoms. The third-order valence-electron chi connectivity index (χ3n) is 2.87. The predicted octanol–water partition coefficient (Wildman–Crippen LogP) is 3.20. The molecule has 2 aromatic carbocycles. The van der Waals surface area contributed by atoms with Crippen LogP contribution < -0.4 is 15.8 Å². The summed E-state index contributed by atoms with van der Waals surface area (Å²) in [5, 5.41) is 3.34. The number of anilines is 2. The molecule has 3 nitrogen and oxygen atoms in total. The van der Waals surface area contributed by atoms with Gasteiger partial charge in [0.2, 0.25) is 0 Å². The number of rotatable bonds is 4. The van der Waals surface area contributed by atoms with E-state index in [1.165, 1.54) is 5.56 Å². The Bertz CT molecular complexity index is 538. The van der Waals surface area contributed by atoms with E-state index in [2.05, 4.69) is 5.32 Å². The van der Waals surface area contributed by atoms with Crippen molar-refractivity contribution in [3.63, 3.8) is 0 Å². The molecule has 0 radical (unpaired) electrons.